The summed E-state index contributed by atoms with van der Waals surface area (Å²) >= 11 is 1.95. The van der Waals surface area contributed by atoms with Crippen LogP contribution in [0.5, 0.6) is 11.5 Å². The monoisotopic (exact) mass is 882 g/mol. The molecule has 67 heavy (non-hydrogen) atoms. The van der Waals surface area contributed by atoms with Gasteiger partial charge in [0.15, 0.2) is 8.07 Å². The summed E-state index contributed by atoms with van der Waals surface area (Å²) in [5.41, 5.74) is 15.4. The van der Waals surface area contributed by atoms with E-state index in [4.69, 9.17) is 4.74 Å². The molecule has 3 nitrogen and oxygen atoms in total. The third kappa shape index (κ3) is 4.61. The summed E-state index contributed by atoms with van der Waals surface area (Å²) in [5, 5.41) is 11.0. The lowest BCUT2D eigenvalue weighted by molar-refractivity contribution is 0.487. The summed E-state index contributed by atoms with van der Waals surface area (Å²) in [6, 6.07) is 82.4. The first-order valence-electron chi connectivity index (χ1n) is 23.3. The van der Waals surface area contributed by atoms with E-state index in [1.165, 1.54) is 113 Å². The van der Waals surface area contributed by atoms with Gasteiger partial charge in [-0.05, 0) is 86.3 Å². The first-order chi connectivity index (χ1) is 33.3. The second-order valence-corrected chi connectivity index (χ2v) is 23.4. The van der Waals surface area contributed by atoms with Crippen molar-refractivity contribution in [2.24, 2.45) is 0 Å². The van der Waals surface area contributed by atoms with Crippen molar-refractivity contribution in [1.82, 2.24) is 9.13 Å². The molecular weight excluding hydrogens is 846 g/mol. The molecule has 1 atom stereocenters. The molecule has 0 saturated carbocycles. The van der Waals surface area contributed by atoms with Gasteiger partial charge in [-0.3, -0.25) is 0 Å². The lowest BCUT2D eigenvalue weighted by atomic mass is 9.35. The molecule has 0 bridgehead atoms. The van der Waals surface area contributed by atoms with Crippen LogP contribution in [0.15, 0.2) is 228 Å². The number of para-hydroxylation sites is 4. The van der Waals surface area contributed by atoms with Gasteiger partial charge in [0, 0.05) is 48.8 Å². The lowest BCUT2D eigenvalue weighted by Crippen LogP contribution is -2.93. The Balaban J connectivity index is 0.897. The van der Waals surface area contributed by atoms with Gasteiger partial charge in [-0.25, -0.2) is 0 Å². The van der Waals surface area contributed by atoms with Crippen LogP contribution in [-0.4, -0.2) is 30.6 Å². The zero-order valence-corrected chi connectivity index (χ0v) is 38.0. The Morgan fingerprint density at radius 1 is 0.343 bits per heavy atom. The molecule has 0 aliphatic carbocycles. The molecular formula is C60H36B2N2OSSi. The summed E-state index contributed by atoms with van der Waals surface area (Å²) in [6.45, 7) is 0.153. The molecule has 4 aliphatic heterocycles. The van der Waals surface area contributed by atoms with Crippen molar-refractivity contribution < 1.29 is 4.74 Å². The fourth-order valence-corrected chi connectivity index (χ4v) is 20.2. The minimum Gasteiger partial charge on any atom is -0.458 e. The van der Waals surface area contributed by atoms with E-state index in [9.17, 15) is 0 Å². The molecule has 10 aromatic carbocycles. The predicted molar refractivity (Wildman–Crippen MR) is 285 cm³/mol. The van der Waals surface area contributed by atoms with E-state index in [1.807, 2.05) is 11.8 Å². The number of nitrogens with zero attached hydrogens (tertiary/aromatic N) is 2. The van der Waals surface area contributed by atoms with Crippen LogP contribution in [0, 0.1) is 0 Å². The van der Waals surface area contributed by atoms with Gasteiger partial charge in [0.05, 0.1) is 22.1 Å². The summed E-state index contributed by atoms with van der Waals surface area (Å²) in [4.78, 5) is 2.69. The zero-order chi connectivity index (χ0) is 43.5. The highest BCUT2D eigenvalue weighted by atomic mass is 32.2. The minimum absolute atomic E-state index is 0.0373. The molecule has 4 aliphatic rings. The average Bonchev–Trinajstić information content (AvgIpc) is 3.91. The van der Waals surface area contributed by atoms with Crippen LogP contribution in [0.3, 0.4) is 0 Å². The molecule has 0 saturated heterocycles. The molecule has 16 rings (SSSR count). The zero-order valence-electron chi connectivity index (χ0n) is 36.2. The third-order valence-corrected chi connectivity index (χ3v) is 21.8. The number of hydrogen-bond donors (Lipinski definition) is 0. The normalized spacial score (nSPS) is 15.8. The second-order valence-electron chi connectivity index (χ2n) is 18.6. The standard InChI is InChI=1S/C60H36B2N2OSSi/c1-7-21-47-39(15-1)40-16-2-8-22-48(40)63(47)37-31-33-43-52(35-37)65-51-25-13-29-57-59(51)61(43)45-19-5-11-27-55(45)67(57)56-28-12-6-20-46(56)62-44-34-32-38(36-54(44)66-53-26-14-30-58(67)60(53)62)64-49-23-9-3-17-41(49)42-18-4-10-24-50(42)64/h1-36H. The first kappa shape index (κ1) is 36.5. The molecule has 1 unspecified atom stereocenters. The Hall–Kier alpha value is -7.70. The van der Waals surface area contributed by atoms with Crippen molar-refractivity contribution in [2.75, 3.05) is 0 Å². The van der Waals surface area contributed by atoms with Gasteiger partial charge in [-0.15, -0.1) is 0 Å². The van der Waals surface area contributed by atoms with Gasteiger partial charge in [0.25, 0.3) is 6.71 Å². The van der Waals surface area contributed by atoms with Crippen LogP contribution in [0.4, 0.5) is 0 Å². The maximum atomic E-state index is 7.23. The number of hydrogen-bond acceptors (Lipinski definition) is 2. The van der Waals surface area contributed by atoms with E-state index in [0.717, 1.165) is 17.2 Å². The highest BCUT2D eigenvalue weighted by molar-refractivity contribution is 8.00. The molecule has 2 aromatic heterocycles. The molecule has 0 amide bonds. The predicted octanol–water partition coefficient (Wildman–Crippen LogP) is 7.49. The van der Waals surface area contributed by atoms with Gasteiger partial charge in [0.1, 0.15) is 11.5 Å². The number of fused-ring (bicyclic) bond motifs is 18. The van der Waals surface area contributed by atoms with Crippen molar-refractivity contribution in [3.8, 4) is 22.9 Å². The van der Waals surface area contributed by atoms with Gasteiger partial charge in [0.2, 0.25) is 6.71 Å². The van der Waals surface area contributed by atoms with Crippen molar-refractivity contribution in [2.45, 2.75) is 9.79 Å². The Morgan fingerprint density at radius 2 is 0.806 bits per heavy atom. The van der Waals surface area contributed by atoms with Gasteiger partial charge in [-0.1, -0.05) is 191 Å². The van der Waals surface area contributed by atoms with E-state index >= 15 is 0 Å². The summed E-state index contributed by atoms with van der Waals surface area (Å²) < 4.78 is 12.1. The molecule has 0 fully saturated rings. The van der Waals surface area contributed by atoms with Crippen LogP contribution >= 0.6 is 11.8 Å². The minimum atomic E-state index is -2.94. The van der Waals surface area contributed by atoms with E-state index in [0.29, 0.717) is 0 Å². The highest BCUT2D eigenvalue weighted by Gasteiger charge is 2.57. The van der Waals surface area contributed by atoms with Crippen LogP contribution in [-0.2, 0) is 0 Å². The number of benzene rings is 10. The van der Waals surface area contributed by atoms with E-state index in [-0.39, 0.29) is 13.4 Å². The SMILES string of the molecule is c1ccc2c(c1)B1c3ccc(-n4c5ccccc5c5ccccc54)cc3Oc3cccc(c31)[Si]21c2ccccc2B2c3ccc(-n4c5ccccc5c5ccccc54)cc3Sc3cccc1c32. The maximum Gasteiger partial charge on any atom is 0.250 e. The van der Waals surface area contributed by atoms with Crippen molar-refractivity contribution >= 4 is 130 Å². The van der Waals surface area contributed by atoms with Gasteiger partial charge < -0.3 is 13.9 Å². The average molecular weight is 883 g/mol. The summed E-state index contributed by atoms with van der Waals surface area (Å²) in [7, 11) is -2.94. The second kappa shape index (κ2) is 13.2. The number of ether oxygens (including phenoxy) is 1. The molecule has 308 valence electrons. The first-order valence-corrected chi connectivity index (χ1v) is 26.1. The maximum absolute atomic E-state index is 7.23. The van der Waals surface area contributed by atoms with Crippen LogP contribution in [0.1, 0.15) is 0 Å². The molecule has 0 N–H and O–H groups in total. The Morgan fingerprint density at radius 3 is 1.40 bits per heavy atom. The molecule has 7 heteroatoms. The highest BCUT2D eigenvalue weighted by Crippen LogP contribution is 2.38. The Kier molecular flexibility index (Phi) is 7.21. The summed E-state index contributed by atoms with van der Waals surface area (Å²) in [5.74, 6) is 1.90. The lowest BCUT2D eigenvalue weighted by Gasteiger charge is -2.49. The molecule has 1 spiro atoms. The summed E-state index contributed by atoms with van der Waals surface area (Å²) in [6.07, 6.45) is 0. The van der Waals surface area contributed by atoms with E-state index < -0.39 is 8.07 Å². The van der Waals surface area contributed by atoms with Gasteiger partial charge in [-0.2, -0.15) is 0 Å². The topological polar surface area (TPSA) is 19.1 Å². The van der Waals surface area contributed by atoms with Crippen LogP contribution < -0.4 is 58.3 Å². The van der Waals surface area contributed by atoms with Crippen molar-refractivity contribution in [3.05, 3.63) is 218 Å². The molecule has 12 aromatic rings. The molecule has 0 radical (unpaired) electrons. The Bertz CT molecular complexity index is 3800. The molecule has 6 heterocycles. The van der Waals surface area contributed by atoms with Crippen molar-refractivity contribution in [3.63, 3.8) is 0 Å². The largest absolute Gasteiger partial charge is 0.458 e. The quantitative estimate of drug-likeness (QED) is 0.168. The van der Waals surface area contributed by atoms with E-state index in [2.05, 4.69) is 228 Å². The third-order valence-electron chi connectivity index (χ3n) is 15.6. The van der Waals surface area contributed by atoms with Crippen LogP contribution in [0.2, 0.25) is 0 Å². The fraction of sp³-hybridized carbons (Fsp3) is 0. The van der Waals surface area contributed by atoms with Crippen molar-refractivity contribution in [1.29, 1.82) is 0 Å². The van der Waals surface area contributed by atoms with Gasteiger partial charge >= 0.3 is 0 Å². The number of aromatic nitrogens is 2. The van der Waals surface area contributed by atoms with Crippen LogP contribution in [0.25, 0.3) is 55.0 Å². The fourth-order valence-electron chi connectivity index (χ4n) is 13.1. The number of rotatable bonds is 2. The Labute approximate surface area is 393 Å². The smallest absolute Gasteiger partial charge is 0.250 e. The van der Waals surface area contributed by atoms with E-state index in [1.54, 1.807) is 0 Å².